The van der Waals surface area contributed by atoms with Gasteiger partial charge in [-0.3, -0.25) is 0 Å². The van der Waals surface area contributed by atoms with E-state index in [0.29, 0.717) is 11.6 Å². The van der Waals surface area contributed by atoms with Gasteiger partial charge in [0.15, 0.2) is 0 Å². The van der Waals surface area contributed by atoms with E-state index in [-0.39, 0.29) is 0 Å². The van der Waals surface area contributed by atoms with E-state index in [1.54, 1.807) is 0 Å². The summed E-state index contributed by atoms with van der Waals surface area (Å²) in [5, 5.41) is 1.65. The predicted octanol–water partition coefficient (Wildman–Crippen LogP) is 3.76. The Kier molecular flexibility index (Phi) is 3.28. The fourth-order valence-electron chi connectivity index (χ4n) is 2.31. The first kappa shape index (κ1) is 12.9. The monoisotopic (exact) mass is 283 g/mol. The summed E-state index contributed by atoms with van der Waals surface area (Å²) in [5.41, 5.74) is 9.19. The minimum Gasteiger partial charge on any atom is -0.383 e. The van der Waals surface area contributed by atoms with E-state index >= 15 is 0 Å². The minimum atomic E-state index is 0.528. The number of nitrogens with zero attached hydrogens (tertiary/aromatic N) is 2. The van der Waals surface area contributed by atoms with Gasteiger partial charge >= 0.3 is 0 Å². The Bertz CT molecular complexity index is 784. The molecule has 0 bridgehead atoms. The van der Waals surface area contributed by atoms with Crippen molar-refractivity contribution in [3.05, 3.63) is 64.4 Å². The third-order valence-electron chi connectivity index (χ3n) is 3.20. The van der Waals surface area contributed by atoms with Crippen LogP contribution in [0, 0.1) is 6.92 Å². The lowest BCUT2D eigenvalue weighted by Gasteiger charge is -2.06. The second-order valence-electron chi connectivity index (χ2n) is 4.81. The van der Waals surface area contributed by atoms with E-state index in [0.717, 1.165) is 22.3 Å². The summed E-state index contributed by atoms with van der Waals surface area (Å²) in [5.74, 6) is 1.22. The molecule has 3 rings (SSSR count). The molecule has 4 heteroatoms. The third kappa shape index (κ3) is 2.58. The number of benzene rings is 2. The van der Waals surface area contributed by atoms with E-state index in [1.807, 2.05) is 37.3 Å². The smallest absolute Gasteiger partial charge is 0.135 e. The Morgan fingerprint density at radius 1 is 1.05 bits per heavy atom. The van der Waals surface area contributed by atoms with Crippen LogP contribution < -0.4 is 5.73 Å². The summed E-state index contributed by atoms with van der Waals surface area (Å²) in [7, 11) is 0. The molecule has 0 fully saturated rings. The van der Waals surface area contributed by atoms with Crippen molar-refractivity contribution in [3.8, 4) is 0 Å². The lowest BCUT2D eigenvalue weighted by molar-refractivity contribution is 1.09. The van der Waals surface area contributed by atoms with Crippen LogP contribution in [-0.2, 0) is 6.42 Å². The maximum Gasteiger partial charge on any atom is 0.135 e. The molecule has 0 saturated carbocycles. The van der Waals surface area contributed by atoms with Crippen LogP contribution >= 0.6 is 11.6 Å². The zero-order valence-electron chi connectivity index (χ0n) is 11.1. The van der Waals surface area contributed by atoms with E-state index in [9.17, 15) is 0 Å². The van der Waals surface area contributed by atoms with Crippen LogP contribution in [0.25, 0.3) is 10.9 Å². The zero-order chi connectivity index (χ0) is 14.1. The first-order chi connectivity index (χ1) is 9.61. The molecule has 1 aromatic heterocycles. The molecule has 100 valence electrons. The van der Waals surface area contributed by atoms with Gasteiger partial charge in [0, 0.05) is 10.4 Å². The van der Waals surface area contributed by atoms with Crippen molar-refractivity contribution in [1.29, 1.82) is 0 Å². The number of aryl methyl sites for hydroxylation is 1. The molecule has 1 heterocycles. The highest BCUT2D eigenvalue weighted by atomic mass is 35.5. The lowest BCUT2D eigenvalue weighted by Crippen LogP contribution is -1.98. The largest absolute Gasteiger partial charge is 0.383 e. The average molecular weight is 284 g/mol. The summed E-state index contributed by atoms with van der Waals surface area (Å²) in [6.07, 6.45) is 0.809. The Balaban J connectivity index is 2.01. The second-order valence-corrected chi connectivity index (χ2v) is 5.25. The topological polar surface area (TPSA) is 51.8 Å². The van der Waals surface area contributed by atoms with E-state index in [4.69, 9.17) is 17.3 Å². The van der Waals surface area contributed by atoms with Crippen LogP contribution in [0.15, 0.2) is 42.5 Å². The Morgan fingerprint density at radius 2 is 1.85 bits per heavy atom. The van der Waals surface area contributed by atoms with Crippen LogP contribution in [0.3, 0.4) is 0 Å². The van der Waals surface area contributed by atoms with Gasteiger partial charge in [0.1, 0.15) is 11.6 Å². The first-order valence-corrected chi connectivity index (χ1v) is 6.77. The van der Waals surface area contributed by atoms with Crippen molar-refractivity contribution in [2.24, 2.45) is 0 Å². The zero-order valence-corrected chi connectivity index (χ0v) is 11.9. The Hall–Kier alpha value is -2.13. The quantitative estimate of drug-likeness (QED) is 0.779. The predicted molar refractivity (Wildman–Crippen MR) is 82.9 cm³/mol. The molecule has 0 radical (unpaired) electrons. The number of aromatic nitrogens is 2. The van der Waals surface area contributed by atoms with Crippen molar-refractivity contribution >= 4 is 28.3 Å². The first-order valence-electron chi connectivity index (χ1n) is 6.39. The number of nitrogens with two attached hydrogens (primary N) is 1. The van der Waals surface area contributed by atoms with Gasteiger partial charge in [0.05, 0.1) is 5.52 Å². The Morgan fingerprint density at radius 3 is 2.65 bits per heavy atom. The summed E-state index contributed by atoms with van der Waals surface area (Å²) < 4.78 is 0. The number of halogens is 1. The normalized spacial score (nSPS) is 10.9. The molecule has 0 saturated heterocycles. The molecule has 0 aliphatic rings. The van der Waals surface area contributed by atoms with Crippen molar-refractivity contribution in [2.45, 2.75) is 13.3 Å². The van der Waals surface area contributed by atoms with Crippen molar-refractivity contribution in [3.63, 3.8) is 0 Å². The fourth-order valence-corrected chi connectivity index (χ4v) is 2.53. The lowest BCUT2D eigenvalue weighted by atomic mass is 10.0. The van der Waals surface area contributed by atoms with Gasteiger partial charge in [0.25, 0.3) is 0 Å². The number of nitrogen functional groups attached to an aromatic ring is 1. The van der Waals surface area contributed by atoms with Crippen molar-refractivity contribution in [2.75, 3.05) is 5.73 Å². The number of rotatable bonds is 2. The van der Waals surface area contributed by atoms with Gasteiger partial charge in [-0.15, -0.1) is 0 Å². The molecule has 3 aromatic rings. The molecule has 0 aliphatic carbocycles. The van der Waals surface area contributed by atoms with Crippen LogP contribution in [-0.4, -0.2) is 9.97 Å². The minimum absolute atomic E-state index is 0.528. The summed E-state index contributed by atoms with van der Waals surface area (Å²) in [6.45, 7) is 1.84. The number of hydrogen-bond acceptors (Lipinski definition) is 3. The van der Waals surface area contributed by atoms with Crippen molar-refractivity contribution < 1.29 is 0 Å². The van der Waals surface area contributed by atoms with Crippen molar-refractivity contribution in [1.82, 2.24) is 9.97 Å². The van der Waals surface area contributed by atoms with Gasteiger partial charge in [0.2, 0.25) is 0 Å². The highest BCUT2D eigenvalue weighted by Crippen LogP contribution is 2.22. The molecule has 2 N–H and O–H groups in total. The van der Waals surface area contributed by atoms with E-state index < -0.39 is 0 Å². The van der Waals surface area contributed by atoms with Gasteiger partial charge in [-0.1, -0.05) is 29.8 Å². The Labute approximate surface area is 122 Å². The number of hydrogen-bond donors (Lipinski definition) is 1. The van der Waals surface area contributed by atoms with Crippen LogP contribution in [0.4, 0.5) is 5.82 Å². The van der Waals surface area contributed by atoms with E-state index in [1.165, 1.54) is 11.1 Å². The van der Waals surface area contributed by atoms with Crippen LogP contribution in [0.5, 0.6) is 0 Å². The van der Waals surface area contributed by atoms with Crippen LogP contribution in [0.2, 0.25) is 5.02 Å². The standard InChI is InChI=1S/C16H14ClN3/c1-10-19-15-6-5-12(9-14(15)16(18)20-10)7-11-3-2-4-13(17)8-11/h2-6,8-9H,7H2,1H3,(H2,18,19,20). The number of anilines is 1. The highest BCUT2D eigenvalue weighted by molar-refractivity contribution is 6.30. The van der Waals surface area contributed by atoms with Gasteiger partial charge < -0.3 is 5.73 Å². The molecule has 0 amide bonds. The molecule has 0 spiro atoms. The molecular weight excluding hydrogens is 270 g/mol. The molecule has 3 nitrogen and oxygen atoms in total. The molecule has 0 aliphatic heterocycles. The van der Waals surface area contributed by atoms with Crippen LogP contribution in [0.1, 0.15) is 17.0 Å². The maximum absolute atomic E-state index is 6.01. The summed E-state index contributed by atoms with van der Waals surface area (Å²) >= 11 is 6.01. The SMILES string of the molecule is Cc1nc(N)c2cc(Cc3cccc(Cl)c3)ccc2n1. The average Bonchev–Trinajstić information content (AvgIpc) is 2.39. The van der Waals surface area contributed by atoms with Gasteiger partial charge in [-0.25, -0.2) is 9.97 Å². The number of fused-ring (bicyclic) bond motifs is 1. The maximum atomic E-state index is 6.01. The summed E-state index contributed by atoms with van der Waals surface area (Å²) in [4.78, 5) is 8.60. The molecule has 0 unspecified atom stereocenters. The molecule has 2 aromatic carbocycles. The van der Waals surface area contributed by atoms with E-state index in [2.05, 4.69) is 22.1 Å². The highest BCUT2D eigenvalue weighted by Gasteiger charge is 2.05. The fraction of sp³-hybridized carbons (Fsp3) is 0.125. The third-order valence-corrected chi connectivity index (χ3v) is 3.43. The van der Waals surface area contributed by atoms with Gasteiger partial charge in [-0.05, 0) is 48.7 Å². The van der Waals surface area contributed by atoms with Gasteiger partial charge in [-0.2, -0.15) is 0 Å². The molecule has 20 heavy (non-hydrogen) atoms. The summed E-state index contributed by atoms with van der Waals surface area (Å²) in [6, 6.07) is 14.0. The molecule has 0 atom stereocenters. The second kappa shape index (κ2) is 5.10. The molecular formula is C16H14ClN3.